The molecular formula is C16H18FNO. The van der Waals surface area contributed by atoms with Crippen molar-refractivity contribution in [2.24, 2.45) is 0 Å². The summed E-state index contributed by atoms with van der Waals surface area (Å²) in [5.41, 5.74) is 2.47. The summed E-state index contributed by atoms with van der Waals surface area (Å²) in [5.74, 6) is 0.611. The first-order valence-electron chi connectivity index (χ1n) is 6.42. The van der Waals surface area contributed by atoms with Crippen LogP contribution >= 0.6 is 0 Å². The number of aryl methyl sites for hydroxylation is 1. The van der Waals surface area contributed by atoms with E-state index in [9.17, 15) is 4.39 Å². The van der Waals surface area contributed by atoms with E-state index < -0.39 is 0 Å². The lowest BCUT2D eigenvalue weighted by molar-refractivity contribution is 0.337. The topological polar surface area (TPSA) is 21.3 Å². The van der Waals surface area contributed by atoms with Crippen molar-refractivity contribution in [2.45, 2.75) is 20.4 Å². The summed E-state index contributed by atoms with van der Waals surface area (Å²) in [7, 11) is 0. The molecule has 100 valence electrons. The third-order valence-electron chi connectivity index (χ3n) is 2.95. The molecule has 3 heteroatoms. The van der Waals surface area contributed by atoms with E-state index >= 15 is 0 Å². The van der Waals surface area contributed by atoms with E-state index in [-0.39, 0.29) is 5.82 Å². The third-order valence-corrected chi connectivity index (χ3v) is 2.95. The van der Waals surface area contributed by atoms with Crippen LogP contribution in [0.25, 0.3) is 0 Å². The lowest BCUT2D eigenvalue weighted by Gasteiger charge is -2.13. The van der Waals surface area contributed by atoms with Crippen LogP contribution in [0.1, 0.15) is 18.1 Å². The average molecular weight is 259 g/mol. The molecule has 0 bridgehead atoms. The van der Waals surface area contributed by atoms with Crippen LogP contribution in [-0.4, -0.2) is 6.61 Å². The summed E-state index contributed by atoms with van der Waals surface area (Å²) in [4.78, 5) is 0. The van der Waals surface area contributed by atoms with Crippen LogP contribution in [0.4, 0.5) is 10.1 Å². The minimum atomic E-state index is -0.228. The molecular weight excluding hydrogens is 241 g/mol. The zero-order valence-corrected chi connectivity index (χ0v) is 11.2. The van der Waals surface area contributed by atoms with Gasteiger partial charge in [-0.05, 0) is 31.5 Å². The second-order valence-electron chi connectivity index (χ2n) is 4.33. The molecule has 0 aromatic heterocycles. The maximum absolute atomic E-state index is 13.7. The van der Waals surface area contributed by atoms with Gasteiger partial charge in [-0.25, -0.2) is 4.39 Å². The first-order valence-corrected chi connectivity index (χ1v) is 6.42. The first kappa shape index (κ1) is 13.4. The predicted octanol–water partition coefficient (Wildman–Crippen LogP) is 4.14. The molecule has 0 aliphatic carbocycles. The Kier molecular flexibility index (Phi) is 4.39. The number of rotatable bonds is 5. The highest BCUT2D eigenvalue weighted by atomic mass is 19.1. The fourth-order valence-corrected chi connectivity index (χ4v) is 1.99. The second-order valence-corrected chi connectivity index (χ2v) is 4.33. The molecule has 2 aromatic rings. The summed E-state index contributed by atoms with van der Waals surface area (Å²) < 4.78 is 19.3. The number of nitrogens with one attached hydrogen (secondary N) is 1. The number of ether oxygens (including phenoxy) is 1. The standard InChI is InChI=1S/C16H18FNO/c1-3-19-15-10-5-4-8-13(15)11-18-16-12(2)7-6-9-14(16)17/h4-10,18H,3,11H2,1-2H3. The molecule has 0 radical (unpaired) electrons. The normalized spacial score (nSPS) is 10.3. The molecule has 0 saturated heterocycles. The summed E-state index contributed by atoms with van der Waals surface area (Å²) in [6.07, 6.45) is 0. The Morgan fingerprint density at radius 2 is 1.89 bits per heavy atom. The van der Waals surface area contributed by atoms with Gasteiger partial charge in [-0.1, -0.05) is 30.3 Å². The fourth-order valence-electron chi connectivity index (χ4n) is 1.99. The molecule has 2 rings (SSSR count). The second kappa shape index (κ2) is 6.23. The number of benzene rings is 2. The zero-order valence-electron chi connectivity index (χ0n) is 11.2. The van der Waals surface area contributed by atoms with Crippen LogP contribution in [-0.2, 0) is 6.54 Å². The van der Waals surface area contributed by atoms with Crippen LogP contribution in [0, 0.1) is 12.7 Å². The number of anilines is 1. The summed E-state index contributed by atoms with van der Waals surface area (Å²) in [6, 6.07) is 12.9. The maximum atomic E-state index is 13.7. The van der Waals surface area contributed by atoms with Crippen LogP contribution in [0.5, 0.6) is 5.75 Å². The van der Waals surface area contributed by atoms with E-state index in [1.54, 1.807) is 6.07 Å². The van der Waals surface area contributed by atoms with Crippen molar-refractivity contribution in [2.75, 3.05) is 11.9 Å². The molecule has 0 aliphatic rings. The van der Waals surface area contributed by atoms with Crippen molar-refractivity contribution < 1.29 is 9.13 Å². The van der Waals surface area contributed by atoms with Crippen molar-refractivity contribution in [3.8, 4) is 5.75 Å². The highest BCUT2D eigenvalue weighted by molar-refractivity contribution is 5.52. The predicted molar refractivity (Wildman–Crippen MR) is 76.1 cm³/mol. The Hall–Kier alpha value is -2.03. The molecule has 0 atom stereocenters. The van der Waals surface area contributed by atoms with E-state index in [2.05, 4.69) is 5.32 Å². The van der Waals surface area contributed by atoms with Crippen LogP contribution < -0.4 is 10.1 Å². The smallest absolute Gasteiger partial charge is 0.146 e. The number of hydrogen-bond acceptors (Lipinski definition) is 2. The number of hydrogen-bond donors (Lipinski definition) is 1. The summed E-state index contributed by atoms with van der Waals surface area (Å²) in [5, 5.41) is 3.14. The Bertz CT molecular complexity index is 534. The maximum Gasteiger partial charge on any atom is 0.146 e. The van der Waals surface area contributed by atoms with Gasteiger partial charge in [0.1, 0.15) is 11.6 Å². The monoisotopic (exact) mass is 259 g/mol. The fraction of sp³-hybridized carbons (Fsp3) is 0.250. The summed E-state index contributed by atoms with van der Waals surface area (Å²) in [6.45, 7) is 5.00. The van der Waals surface area contributed by atoms with Crippen molar-refractivity contribution in [1.82, 2.24) is 0 Å². The third kappa shape index (κ3) is 3.25. The largest absolute Gasteiger partial charge is 0.494 e. The van der Waals surface area contributed by atoms with Crippen molar-refractivity contribution in [3.05, 3.63) is 59.4 Å². The van der Waals surface area contributed by atoms with E-state index in [0.717, 1.165) is 16.9 Å². The molecule has 0 spiro atoms. The molecule has 2 nitrogen and oxygen atoms in total. The van der Waals surface area contributed by atoms with Crippen molar-refractivity contribution in [3.63, 3.8) is 0 Å². The van der Waals surface area contributed by atoms with Gasteiger partial charge >= 0.3 is 0 Å². The van der Waals surface area contributed by atoms with Gasteiger partial charge in [-0.3, -0.25) is 0 Å². The number of halogens is 1. The van der Waals surface area contributed by atoms with Gasteiger partial charge in [0.25, 0.3) is 0 Å². The van der Waals surface area contributed by atoms with E-state index in [1.165, 1.54) is 6.07 Å². The van der Waals surface area contributed by atoms with Crippen molar-refractivity contribution >= 4 is 5.69 Å². The molecule has 1 N–H and O–H groups in total. The quantitative estimate of drug-likeness (QED) is 0.871. The Morgan fingerprint density at radius 1 is 1.11 bits per heavy atom. The Labute approximate surface area is 113 Å². The van der Waals surface area contributed by atoms with Crippen LogP contribution in [0.2, 0.25) is 0 Å². The van der Waals surface area contributed by atoms with Gasteiger partial charge in [0.2, 0.25) is 0 Å². The average Bonchev–Trinajstić information content (AvgIpc) is 2.40. The lowest BCUT2D eigenvalue weighted by Crippen LogP contribution is -2.05. The number of para-hydroxylation sites is 2. The zero-order chi connectivity index (χ0) is 13.7. The molecule has 0 amide bonds. The Morgan fingerprint density at radius 3 is 2.63 bits per heavy atom. The SMILES string of the molecule is CCOc1ccccc1CNc1c(C)cccc1F. The molecule has 19 heavy (non-hydrogen) atoms. The van der Waals surface area contributed by atoms with Gasteiger partial charge in [-0.15, -0.1) is 0 Å². The molecule has 0 aliphatic heterocycles. The molecule has 0 heterocycles. The molecule has 0 fully saturated rings. The minimum absolute atomic E-state index is 0.228. The van der Waals surface area contributed by atoms with E-state index in [1.807, 2.05) is 44.2 Å². The van der Waals surface area contributed by atoms with E-state index in [0.29, 0.717) is 18.8 Å². The van der Waals surface area contributed by atoms with Gasteiger partial charge in [0, 0.05) is 12.1 Å². The first-order chi connectivity index (χ1) is 9.22. The summed E-state index contributed by atoms with van der Waals surface area (Å²) >= 11 is 0. The minimum Gasteiger partial charge on any atom is -0.494 e. The molecule has 0 unspecified atom stereocenters. The van der Waals surface area contributed by atoms with Gasteiger partial charge in [-0.2, -0.15) is 0 Å². The van der Waals surface area contributed by atoms with Crippen LogP contribution in [0.15, 0.2) is 42.5 Å². The van der Waals surface area contributed by atoms with Crippen LogP contribution in [0.3, 0.4) is 0 Å². The Balaban J connectivity index is 2.15. The lowest BCUT2D eigenvalue weighted by atomic mass is 10.1. The molecule has 0 saturated carbocycles. The highest BCUT2D eigenvalue weighted by Crippen LogP contribution is 2.23. The van der Waals surface area contributed by atoms with Gasteiger partial charge < -0.3 is 10.1 Å². The molecule has 2 aromatic carbocycles. The highest BCUT2D eigenvalue weighted by Gasteiger charge is 2.06. The van der Waals surface area contributed by atoms with E-state index in [4.69, 9.17) is 4.74 Å². The van der Waals surface area contributed by atoms with Gasteiger partial charge in [0.15, 0.2) is 0 Å². The van der Waals surface area contributed by atoms with Crippen molar-refractivity contribution in [1.29, 1.82) is 0 Å². The van der Waals surface area contributed by atoms with Gasteiger partial charge in [0.05, 0.1) is 12.3 Å².